The zero-order valence-electron chi connectivity index (χ0n) is 16.9. The fourth-order valence-corrected chi connectivity index (χ4v) is 4.12. The van der Waals surface area contributed by atoms with E-state index in [1.807, 2.05) is 35.2 Å². The summed E-state index contributed by atoms with van der Waals surface area (Å²) in [5.41, 5.74) is 2.09. The van der Waals surface area contributed by atoms with Gasteiger partial charge in [0.1, 0.15) is 5.82 Å². The number of rotatable bonds is 4. The quantitative estimate of drug-likeness (QED) is 0.652. The Bertz CT molecular complexity index is 1090. The van der Waals surface area contributed by atoms with Crippen LogP contribution in [0.1, 0.15) is 28.4 Å². The molecule has 1 aliphatic heterocycles. The van der Waals surface area contributed by atoms with Gasteiger partial charge in [0.2, 0.25) is 5.91 Å². The number of benzene rings is 2. The average molecular weight is 419 g/mol. The van der Waals surface area contributed by atoms with Gasteiger partial charge in [-0.3, -0.25) is 9.59 Å². The summed E-state index contributed by atoms with van der Waals surface area (Å²) >= 11 is 0. The SMILES string of the molecule is O=C(c1cnn(-c2ccccc2)n1)N1CCN(C(=O)[C@H]2C[C@@H]2c2ccc(F)cc2)CC1. The Hall–Kier alpha value is -3.55. The van der Waals surface area contributed by atoms with Crippen molar-refractivity contribution < 1.29 is 14.0 Å². The van der Waals surface area contributed by atoms with Crippen LogP contribution in [0.5, 0.6) is 0 Å². The van der Waals surface area contributed by atoms with Gasteiger partial charge in [0.15, 0.2) is 5.69 Å². The van der Waals surface area contributed by atoms with E-state index in [1.165, 1.54) is 23.1 Å². The molecule has 0 N–H and O–H groups in total. The first-order valence-corrected chi connectivity index (χ1v) is 10.4. The highest BCUT2D eigenvalue weighted by Crippen LogP contribution is 2.48. The van der Waals surface area contributed by atoms with E-state index >= 15 is 0 Å². The molecular weight excluding hydrogens is 397 g/mol. The van der Waals surface area contributed by atoms with Crippen molar-refractivity contribution in [3.05, 3.63) is 77.9 Å². The van der Waals surface area contributed by atoms with Crippen LogP contribution >= 0.6 is 0 Å². The minimum Gasteiger partial charge on any atom is -0.339 e. The fourth-order valence-electron chi connectivity index (χ4n) is 4.12. The van der Waals surface area contributed by atoms with Gasteiger partial charge < -0.3 is 9.80 Å². The molecule has 1 saturated heterocycles. The molecule has 7 nitrogen and oxygen atoms in total. The second-order valence-corrected chi connectivity index (χ2v) is 7.97. The predicted molar refractivity (Wildman–Crippen MR) is 111 cm³/mol. The van der Waals surface area contributed by atoms with Crippen molar-refractivity contribution in [3.8, 4) is 5.69 Å². The molecule has 1 aliphatic carbocycles. The minimum atomic E-state index is -0.267. The zero-order valence-corrected chi connectivity index (χ0v) is 16.9. The normalized spacial score (nSPS) is 20.5. The third kappa shape index (κ3) is 3.93. The molecule has 0 bridgehead atoms. The summed E-state index contributed by atoms with van der Waals surface area (Å²) in [6.07, 6.45) is 2.27. The van der Waals surface area contributed by atoms with Gasteiger partial charge in [-0.25, -0.2) is 4.39 Å². The predicted octanol–water partition coefficient (Wildman–Crippen LogP) is 2.49. The molecule has 2 heterocycles. The Morgan fingerprint density at radius 3 is 2.29 bits per heavy atom. The van der Waals surface area contributed by atoms with Crippen LogP contribution in [0.25, 0.3) is 5.69 Å². The van der Waals surface area contributed by atoms with Crippen LogP contribution in [0.2, 0.25) is 0 Å². The zero-order chi connectivity index (χ0) is 21.4. The lowest BCUT2D eigenvalue weighted by Gasteiger charge is -2.34. The van der Waals surface area contributed by atoms with E-state index in [-0.39, 0.29) is 29.5 Å². The van der Waals surface area contributed by atoms with Gasteiger partial charge >= 0.3 is 0 Å². The average Bonchev–Trinajstić information content (AvgIpc) is 3.46. The molecule has 0 radical (unpaired) electrons. The molecule has 2 aliphatic rings. The van der Waals surface area contributed by atoms with Gasteiger partial charge in [-0.2, -0.15) is 9.90 Å². The molecule has 2 aromatic carbocycles. The van der Waals surface area contributed by atoms with Crippen LogP contribution in [0.4, 0.5) is 4.39 Å². The first-order chi connectivity index (χ1) is 15.1. The highest BCUT2D eigenvalue weighted by atomic mass is 19.1. The molecule has 3 aromatic rings. The lowest BCUT2D eigenvalue weighted by Crippen LogP contribution is -2.51. The van der Waals surface area contributed by atoms with Gasteiger partial charge in [0.05, 0.1) is 11.9 Å². The van der Waals surface area contributed by atoms with Crippen LogP contribution in [-0.4, -0.2) is 62.8 Å². The molecule has 0 spiro atoms. The summed E-state index contributed by atoms with van der Waals surface area (Å²) in [4.78, 5) is 30.6. The summed E-state index contributed by atoms with van der Waals surface area (Å²) in [6.45, 7) is 1.95. The van der Waals surface area contributed by atoms with Crippen LogP contribution in [0, 0.1) is 11.7 Å². The third-order valence-corrected chi connectivity index (χ3v) is 5.98. The molecule has 1 saturated carbocycles. The Morgan fingerprint density at radius 2 is 1.58 bits per heavy atom. The Kier molecular flexibility index (Phi) is 4.97. The molecule has 2 amide bonds. The Balaban J connectivity index is 1.16. The monoisotopic (exact) mass is 419 g/mol. The lowest BCUT2D eigenvalue weighted by molar-refractivity contribution is -0.134. The highest BCUT2D eigenvalue weighted by Gasteiger charge is 2.46. The number of hydrogen-bond donors (Lipinski definition) is 0. The van der Waals surface area contributed by atoms with Gasteiger partial charge in [-0.15, -0.1) is 5.10 Å². The second-order valence-electron chi connectivity index (χ2n) is 7.97. The van der Waals surface area contributed by atoms with Crippen molar-refractivity contribution in [1.82, 2.24) is 24.8 Å². The molecule has 2 atom stereocenters. The van der Waals surface area contributed by atoms with Crippen molar-refractivity contribution in [3.63, 3.8) is 0 Å². The maximum absolute atomic E-state index is 13.1. The lowest BCUT2D eigenvalue weighted by atomic mass is 10.1. The summed E-state index contributed by atoms with van der Waals surface area (Å²) < 4.78 is 13.1. The fraction of sp³-hybridized carbons (Fsp3) is 0.304. The Morgan fingerprint density at radius 1 is 0.903 bits per heavy atom. The van der Waals surface area contributed by atoms with E-state index in [9.17, 15) is 14.0 Å². The highest BCUT2D eigenvalue weighted by molar-refractivity contribution is 5.92. The van der Waals surface area contributed by atoms with Crippen molar-refractivity contribution >= 4 is 11.8 Å². The summed E-state index contributed by atoms with van der Waals surface area (Å²) in [5, 5.41) is 8.49. The van der Waals surface area contributed by atoms with Gasteiger partial charge in [-0.1, -0.05) is 30.3 Å². The summed E-state index contributed by atoms with van der Waals surface area (Å²) in [6, 6.07) is 15.8. The summed E-state index contributed by atoms with van der Waals surface area (Å²) in [7, 11) is 0. The number of carbonyl (C=O) groups excluding carboxylic acids is 2. The Labute approximate surface area is 179 Å². The van der Waals surface area contributed by atoms with Crippen LogP contribution in [0.3, 0.4) is 0 Å². The first kappa shape index (κ1) is 19.4. The smallest absolute Gasteiger partial charge is 0.276 e. The van der Waals surface area contributed by atoms with E-state index in [1.54, 1.807) is 17.0 Å². The molecule has 2 fully saturated rings. The van der Waals surface area contributed by atoms with Crippen molar-refractivity contribution in [2.24, 2.45) is 5.92 Å². The summed E-state index contributed by atoms with van der Waals surface area (Å²) in [5.74, 6) is -0.197. The first-order valence-electron chi connectivity index (χ1n) is 10.4. The topological polar surface area (TPSA) is 71.3 Å². The van der Waals surface area contributed by atoms with Crippen molar-refractivity contribution in [1.29, 1.82) is 0 Å². The standard InChI is InChI=1S/C23H22FN5O2/c24-17-8-6-16(7-9-17)19-14-20(19)22(30)27-10-12-28(13-11-27)23(31)21-15-25-29(26-21)18-4-2-1-3-5-18/h1-9,15,19-20H,10-14H2/t19-,20+/m1/s1. The van der Waals surface area contributed by atoms with E-state index in [4.69, 9.17) is 0 Å². The molecule has 0 unspecified atom stereocenters. The maximum Gasteiger partial charge on any atom is 0.276 e. The largest absolute Gasteiger partial charge is 0.339 e. The van der Waals surface area contributed by atoms with E-state index in [0.29, 0.717) is 31.9 Å². The van der Waals surface area contributed by atoms with Gasteiger partial charge in [-0.05, 0) is 42.2 Å². The molecule has 1 aromatic heterocycles. The molecule has 158 valence electrons. The number of aromatic nitrogens is 3. The number of nitrogens with zero attached hydrogens (tertiary/aromatic N) is 5. The number of piperazine rings is 1. The van der Waals surface area contributed by atoms with Crippen molar-refractivity contribution in [2.75, 3.05) is 26.2 Å². The third-order valence-electron chi connectivity index (χ3n) is 5.98. The van der Waals surface area contributed by atoms with E-state index < -0.39 is 0 Å². The molecular formula is C23H22FN5O2. The van der Waals surface area contributed by atoms with Crippen molar-refractivity contribution in [2.45, 2.75) is 12.3 Å². The molecule has 5 rings (SSSR count). The van der Waals surface area contributed by atoms with Gasteiger partial charge in [0.25, 0.3) is 5.91 Å². The van der Waals surface area contributed by atoms with Crippen LogP contribution in [0.15, 0.2) is 60.8 Å². The maximum atomic E-state index is 13.1. The number of amides is 2. The van der Waals surface area contributed by atoms with E-state index in [2.05, 4.69) is 10.2 Å². The number of carbonyl (C=O) groups is 2. The molecule has 8 heteroatoms. The van der Waals surface area contributed by atoms with Gasteiger partial charge in [0, 0.05) is 32.1 Å². The number of hydrogen-bond acceptors (Lipinski definition) is 4. The van der Waals surface area contributed by atoms with Crippen LogP contribution in [-0.2, 0) is 4.79 Å². The minimum absolute atomic E-state index is 0.0431. The van der Waals surface area contributed by atoms with Crippen LogP contribution < -0.4 is 0 Å². The van der Waals surface area contributed by atoms with E-state index in [0.717, 1.165) is 17.7 Å². The molecule has 31 heavy (non-hydrogen) atoms. The number of para-hydroxylation sites is 1. The second kappa shape index (κ2) is 7.94. The number of halogens is 1.